The molecule has 3 rings (SSSR count). The third-order valence-electron chi connectivity index (χ3n) is 4.95. The minimum absolute atomic E-state index is 0. The maximum atomic E-state index is 11.2. The smallest absolute Gasteiger partial charge is 0.810 e. The third-order valence-corrected chi connectivity index (χ3v) is 8.41. The summed E-state index contributed by atoms with van der Waals surface area (Å²) in [6, 6.07) is 24.8. The van der Waals surface area contributed by atoms with E-state index in [1.165, 1.54) is 0 Å². The molecule has 1 unspecified atom stereocenters. The molecule has 0 fully saturated rings. The van der Waals surface area contributed by atoms with Crippen LogP contribution in [0.1, 0.15) is 29.5 Å². The molecule has 0 aromatic heterocycles. The van der Waals surface area contributed by atoms with Gasteiger partial charge in [-0.05, 0) is 61.7 Å². The van der Waals surface area contributed by atoms with E-state index in [0.717, 1.165) is 16.7 Å². The minimum Gasteiger partial charge on any atom is -0.810 e. The van der Waals surface area contributed by atoms with Crippen LogP contribution in [0.4, 0.5) is 0 Å². The van der Waals surface area contributed by atoms with Gasteiger partial charge in [-0.1, -0.05) is 60.7 Å². The van der Waals surface area contributed by atoms with Crippen LogP contribution in [-0.2, 0) is 27.5 Å². The van der Waals surface area contributed by atoms with E-state index in [9.17, 15) is 22.8 Å². The molecule has 3 aromatic carbocycles. The second-order valence-electron chi connectivity index (χ2n) is 7.42. The first kappa shape index (κ1) is 32.8. The predicted molar refractivity (Wildman–Crippen MR) is 118 cm³/mol. The average molecular weight is 553 g/mol. The summed E-state index contributed by atoms with van der Waals surface area (Å²) in [5, 5.41) is 0. The molecule has 0 spiro atoms. The van der Waals surface area contributed by atoms with Gasteiger partial charge in [-0.3, -0.25) is 4.55 Å². The minimum atomic E-state index is -5.47. The molecule has 34 heavy (non-hydrogen) atoms. The van der Waals surface area contributed by atoms with Crippen LogP contribution in [0.15, 0.2) is 78.9 Å². The molecule has 1 atom stereocenters. The maximum Gasteiger partial charge on any atom is 1.00 e. The largest absolute Gasteiger partial charge is 1.00 e. The van der Waals surface area contributed by atoms with Gasteiger partial charge >= 0.3 is 103 Å². The van der Waals surface area contributed by atoms with Crippen molar-refractivity contribution >= 4 is 17.7 Å². The number of ether oxygens (including phenoxy) is 1. The first-order valence-electron chi connectivity index (χ1n) is 9.99. The number of hydrogen-bond donors (Lipinski definition) is 1. The van der Waals surface area contributed by atoms with Crippen molar-refractivity contribution in [3.8, 4) is 11.5 Å². The monoisotopic (exact) mass is 552 g/mol. The number of rotatable bonds is 10. The molecular weight excluding hydrogens is 529 g/mol. The van der Waals surface area contributed by atoms with Gasteiger partial charge in [0.2, 0.25) is 0 Å². The average Bonchev–Trinajstić information content (AvgIpc) is 2.72. The van der Waals surface area contributed by atoms with E-state index in [1.807, 2.05) is 54.6 Å². The van der Waals surface area contributed by atoms with E-state index in [0.29, 0.717) is 24.3 Å². The summed E-state index contributed by atoms with van der Waals surface area (Å²) < 4.78 is 48.7. The van der Waals surface area contributed by atoms with Crippen molar-refractivity contribution in [2.45, 2.75) is 30.7 Å². The van der Waals surface area contributed by atoms with Crippen molar-refractivity contribution in [3.63, 3.8) is 0 Å². The summed E-state index contributed by atoms with van der Waals surface area (Å²) in [4.78, 5) is 20.0. The van der Waals surface area contributed by atoms with Crippen LogP contribution in [0.2, 0.25) is 0 Å². The predicted octanol–water partition coefficient (Wildman–Crippen LogP) is -2.47. The Balaban J connectivity index is 0.00000289. The van der Waals surface area contributed by atoms with Gasteiger partial charge in [-0.15, -0.1) is 0 Å². The van der Waals surface area contributed by atoms with Gasteiger partial charge in [0.05, 0.1) is 0 Å². The summed E-state index contributed by atoms with van der Waals surface area (Å²) in [6.07, 6.45) is 0.633. The van der Waals surface area contributed by atoms with Crippen molar-refractivity contribution in [2.75, 3.05) is 0 Å². The Morgan fingerprint density at radius 2 is 1.50 bits per heavy atom. The molecule has 0 radical (unpaired) electrons. The van der Waals surface area contributed by atoms with E-state index in [-0.39, 0.29) is 109 Å². The number of hydrogen-bond acceptors (Lipinski definition) is 6. The zero-order chi connectivity index (χ0) is 23.2. The molecule has 0 aliphatic rings. The van der Waals surface area contributed by atoms with E-state index in [1.54, 1.807) is 24.3 Å². The first-order chi connectivity index (χ1) is 15.1. The Hall–Kier alpha value is 0.793. The SMILES string of the molecule is O=P([O-])([O-])C(CCCc1cccc(Oc2ccccc2Cc2ccccc2)c1)S(=O)(=O)O.[K+].[K+]. The summed E-state index contributed by atoms with van der Waals surface area (Å²) in [7, 11) is -10.4. The van der Waals surface area contributed by atoms with Gasteiger partial charge in [0.25, 0.3) is 10.1 Å². The zero-order valence-electron chi connectivity index (χ0n) is 19.2. The van der Waals surface area contributed by atoms with Crippen molar-refractivity contribution in [3.05, 3.63) is 95.6 Å². The standard InChI is InChI=1S/C23H25O7PS.2K/c24-31(25,26)23(32(27,28)29)15-7-11-19-10-6-13-21(17-19)30-22-14-5-4-12-20(22)16-18-8-2-1-3-9-18;;/h1-6,8-10,12-14,17,23H,7,11,15-16H2,(H2,24,25,26)(H,27,28,29);;/q;2*+1/p-2. The van der Waals surface area contributed by atoms with Crippen LogP contribution >= 0.6 is 7.60 Å². The van der Waals surface area contributed by atoms with Gasteiger partial charge in [0.1, 0.15) is 16.5 Å². The molecule has 0 saturated carbocycles. The summed E-state index contributed by atoms with van der Waals surface area (Å²) in [5.41, 5.74) is 2.95. The molecule has 0 saturated heterocycles. The van der Waals surface area contributed by atoms with Crippen LogP contribution in [0, 0.1) is 0 Å². The molecule has 0 bridgehead atoms. The molecule has 0 aliphatic carbocycles. The van der Waals surface area contributed by atoms with Crippen LogP contribution < -0.4 is 117 Å². The molecular formula is C23H23K2O7PS. The van der Waals surface area contributed by atoms with Gasteiger partial charge < -0.3 is 19.1 Å². The second-order valence-corrected chi connectivity index (χ2v) is 11.1. The van der Waals surface area contributed by atoms with E-state index in [2.05, 4.69) is 0 Å². The van der Waals surface area contributed by atoms with Crippen molar-refractivity contribution in [1.82, 2.24) is 0 Å². The van der Waals surface area contributed by atoms with Gasteiger partial charge in [0, 0.05) is 6.42 Å². The fraction of sp³-hybridized carbons (Fsp3) is 0.217. The van der Waals surface area contributed by atoms with E-state index in [4.69, 9.17) is 9.29 Å². The van der Waals surface area contributed by atoms with Gasteiger partial charge in [0.15, 0.2) is 0 Å². The topological polar surface area (TPSA) is 127 Å². The van der Waals surface area contributed by atoms with Crippen LogP contribution in [0.25, 0.3) is 0 Å². The van der Waals surface area contributed by atoms with Crippen molar-refractivity contribution in [1.29, 1.82) is 0 Å². The Kier molecular flexibility index (Phi) is 14.7. The molecule has 0 amide bonds. The fourth-order valence-corrected chi connectivity index (χ4v) is 5.68. The molecule has 0 aliphatic heterocycles. The molecule has 11 heteroatoms. The van der Waals surface area contributed by atoms with Crippen molar-refractivity contribution in [2.24, 2.45) is 0 Å². The summed E-state index contributed by atoms with van der Waals surface area (Å²) in [5.74, 6) is 1.28. The maximum absolute atomic E-state index is 11.2. The third kappa shape index (κ3) is 10.6. The number of para-hydroxylation sites is 1. The Labute approximate surface area is 285 Å². The van der Waals surface area contributed by atoms with Gasteiger partial charge in [-0.2, -0.15) is 8.42 Å². The molecule has 170 valence electrons. The van der Waals surface area contributed by atoms with Crippen LogP contribution in [-0.4, -0.2) is 18.0 Å². The Morgan fingerprint density at radius 1 is 0.882 bits per heavy atom. The molecule has 3 aromatic rings. The normalized spacial score (nSPS) is 12.2. The van der Waals surface area contributed by atoms with Crippen LogP contribution in [0.3, 0.4) is 0 Å². The molecule has 7 nitrogen and oxygen atoms in total. The number of aryl methyl sites for hydroxylation is 1. The van der Waals surface area contributed by atoms with E-state index < -0.39 is 29.1 Å². The number of benzene rings is 3. The first-order valence-corrected chi connectivity index (χ1v) is 13.1. The molecule has 0 heterocycles. The van der Waals surface area contributed by atoms with Gasteiger partial charge in [-0.25, -0.2) is 0 Å². The molecule has 1 N–H and O–H groups in total. The van der Waals surface area contributed by atoms with Crippen molar-refractivity contribution < 1.29 is 135 Å². The Morgan fingerprint density at radius 3 is 2.15 bits per heavy atom. The van der Waals surface area contributed by atoms with E-state index >= 15 is 0 Å². The van der Waals surface area contributed by atoms with Crippen LogP contribution in [0.5, 0.6) is 11.5 Å². The quantitative estimate of drug-likeness (QED) is 0.168. The summed E-state index contributed by atoms with van der Waals surface area (Å²) in [6.45, 7) is 0. The zero-order valence-corrected chi connectivity index (χ0v) is 27.1. The fourth-order valence-electron chi connectivity index (χ4n) is 3.41. The Bertz CT molecular complexity index is 1200. The summed E-state index contributed by atoms with van der Waals surface area (Å²) >= 11 is 0. The second kappa shape index (κ2) is 15.3.